The summed E-state index contributed by atoms with van der Waals surface area (Å²) < 4.78 is 13.5. The minimum Gasteiger partial charge on any atom is -0.261 e. The first-order chi connectivity index (χ1) is 11.6. The first kappa shape index (κ1) is 21.3. The van der Waals surface area contributed by atoms with Gasteiger partial charge in [0.25, 0.3) is 0 Å². The molecule has 0 aliphatic carbocycles. The summed E-state index contributed by atoms with van der Waals surface area (Å²) in [6.07, 6.45) is 1.99. The van der Waals surface area contributed by atoms with Crippen molar-refractivity contribution >= 4 is 0 Å². The van der Waals surface area contributed by atoms with Crippen LogP contribution in [-0.2, 0) is 0 Å². The zero-order valence-corrected chi connectivity index (χ0v) is 17.1. The molecule has 0 spiro atoms. The van der Waals surface area contributed by atoms with Crippen LogP contribution < -0.4 is 0 Å². The Balaban J connectivity index is 0.000000251. The molecule has 138 valence electrons. The highest BCUT2D eigenvalue weighted by molar-refractivity contribution is 5.28. The largest absolute Gasteiger partial charge is 0.261 e. The maximum atomic E-state index is 13.5. The van der Waals surface area contributed by atoms with Crippen molar-refractivity contribution in [2.24, 2.45) is 0 Å². The summed E-state index contributed by atoms with van der Waals surface area (Å²) in [5.41, 5.74) is 4.38. The Labute approximate surface area is 153 Å². The van der Waals surface area contributed by atoms with Crippen LogP contribution in [0.5, 0.6) is 0 Å². The Bertz CT molecular complexity index is 613. The van der Waals surface area contributed by atoms with Crippen molar-refractivity contribution in [1.82, 2.24) is 4.98 Å². The summed E-state index contributed by atoms with van der Waals surface area (Å²) in [6, 6.07) is 9.87. The maximum absolute atomic E-state index is 13.5. The third kappa shape index (κ3) is 6.61. The van der Waals surface area contributed by atoms with Crippen LogP contribution in [0.4, 0.5) is 4.39 Å². The van der Waals surface area contributed by atoms with Crippen molar-refractivity contribution in [3.63, 3.8) is 0 Å². The van der Waals surface area contributed by atoms with E-state index in [1.54, 1.807) is 6.07 Å². The molecule has 1 aromatic heterocycles. The fourth-order valence-electron chi connectivity index (χ4n) is 2.47. The second-order valence-electron chi connectivity index (χ2n) is 7.92. The number of hydrogen-bond donors (Lipinski definition) is 0. The number of benzene rings is 1. The van der Waals surface area contributed by atoms with Crippen LogP contribution in [0.15, 0.2) is 36.5 Å². The molecule has 0 fully saturated rings. The van der Waals surface area contributed by atoms with Gasteiger partial charge in [0.2, 0.25) is 0 Å². The lowest BCUT2D eigenvalue weighted by atomic mass is 9.97. The van der Waals surface area contributed by atoms with Gasteiger partial charge in [-0.2, -0.15) is 0 Å². The van der Waals surface area contributed by atoms with Crippen LogP contribution in [0.3, 0.4) is 0 Å². The maximum Gasteiger partial charge on any atom is 0.126 e. The van der Waals surface area contributed by atoms with E-state index in [0.29, 0.717) is 17.8 Å². The SMILES string of the molecule is CC(C)c1ccc(C(C)C)c(F)c1.CC(C)c1ccc(C(C)C)nc1. The zero-order valence-electron chi connectivity index (χ0n) is 17.1. The summed E-state index contributed by atoms with van der Waals surface area (Å²) in [5.74, 6) is 1.71. The van der Waals surface area contributed by atoms with E-state index in [1.165, 1.54) is 11.3 Å². The lowest BCUT2D eigenvalue weighted by Crippen LogP contribution is -1.96. The van der Waals surface area contributed by atoms with Gasteiger partial charge in [0.1, 0.15) is 5.82 Å². The summed E-state index contributed by atoms with van der Waals surface area (Å²) in [7, 11) is 0. The fourth-order valence-corrected chi connectivity index (χ4v) is 2.47. The van der Waals surface area contributed by atoms with Crippen molar-refractivity contribution in [3.05, 3.63) is 64.7 Å². The van der Waals surface area contributed by atoms with E-state index in [2.05, 4.69) is 58.7 Å². The number of nitrogens with zero attached hydrogens (tertiary/aromatic N) is 1. The zero-order chi connectivity index (χ0) is 19.1. The van der Waals surface area contributed by atoms with Gasteiger partial charge >= 0.3 is 0 Å². The van der Waals surface area contributed by atoms with Gasteiger partial charge < -0.3 is 0 Å². The quantitative estimate of drug-likeness (QED) is 0.563. The highest BCUT2D eigenvalue weighted by Gasteiger charge is 2.08. The number of rotatable bonds is 4. The van der Waals surface area contributed by atoms with Crippen LogP contribution in [-0.4, -0.2) is 4.98 Å². The van der Waals surface area contributed by atoms with Gasteiger partial charge in [-0.15, -0.1) is 0 Å². The topological polar surface area (TPSA) is 12.9 Å². The molecule has 0 N–H and O–H groups in total. The van der Waals surface area contributed by atoms with E-state index in [1.807, 2.05) is 32.2 Å². The van der Waals surface area contributed by atoms with Gasteiger partial charge in [-0.05, 0) is 52.5 Å². The summed E-state index contributed by atoms with van der Waals surface area (Å²) in [6.45, 7) is 16.9. The number of hydrogen-bond acceptors (Lipinski definition) is 1. The summed E-state index contributed by atoms with van der Waals surface area (Å²) in [4.78, 5) is 4.40. The smallest absolute Gasteiger partial charge is 0.126 e. The van der Waals surface area contributed by atoms with Crippen molar-refractivity contribution in [2.45, 2.75) is 79.1 Å². The Hall–Kier alpha value is -1.70. The molecule has 0 atom stereocenters. The first-order valence-corrected chi connectivity index (χ1v) is 9.38. The normalized spacial score (nSPS) is 11.2. The number of halogens is 1. The van der Waals surface area contributed by atoms with Crippen LogP contribution in [0.25, 0.3) is 0 Å². The first-order valence-electron chi connectivity index (χ1n) is 9.38. The average molecular weight is 344 g/mol. The molecule has 0 saturated carbocycles. The molecular weight excluding hydrogens is 309 g/mol. The van der Waals surface area contributed by atoms with Gasteiger partial charge in [0.05, 0.1) is 0 Å². The number of aromatic nitrogens is 1. The molecule has 2 rings (SSSR count). The van der Waals surface area contributed by atoms with Gasteiger partial charge in [0, 0.05) is 11.9 Å². The van der Waals surface area contributed by atoms with Crippen molar-refractivity contribution in [1.29, 1.82) is 0 Å². The molecule has 25 heavy (non-hydrogen) atoms. The van der Waals surface area contributed by atoms with E-state index >= 15 is 0 Å². The van der Waals surface area contributed by atoms with Crippen LogP contribution in [0.2, 0.25) is 0 Å². The molecule has 0 aliphatic heterocycles. The third-order valence-electron chi connectivity index (χ3n) is 4.38. The molecule has 0 radical (unpaired) electrons. The Morgan fingerprint density at radius 1 is 0.680 bits per heavy atom. The average Bonchev–Trinajstić information content (AvgIpc) is 2.54. The van der Waals surface area contributed by atoms with Crippen LogP contribution in [0.1, 0.15) is 101 Å². The van der Waals surface area contributed by atoms with Crippen molar-refractivity contribution in [3.8, 4) is 0 Å². The van der Waals surface area contributed by atoms with E-state index in [-0.39, 0.29) is 11.7 Å². The molecule has 2 aromatic rings. The summed E-state index contributed by atoms with van der Waals surface area (Å²) in [5, 5.41) is 0. The van der Waals surface area contributed by atoms with E-state index in [4.69, 9.17) is 0 Å². The van der Waals surface area contributed by atoms with Crippen molar-refractivity contribution < 1.29 is 4.39 Å². The minimum atomic E-state index is -0.0683. The Morgan fingerprint density at radius 3 is 1.60 bits per heavy atom. The van der Waals surface area contributed by atoms with Gasteiger partial charge in [-0.25, -0.2) is 4.39 Å². The van der Waals surface area contributed by atoms with Crippen LogP contribution in [0, 0.1) is 5.82 Å². The van der Waals surface area contributed by atoms with Crippen LogP contribution >= 0.6 is 0 Å². The molecule has 1 heterocycles. The van der Waals surface area contributed by atoms with E-state index < -0.39 is 0 Å². The van der Waals surface area contributed by atoms with E-state index in [0.717, 1.165) is 11.1 Å². The van der Waals surface area contributed by atoms with E-state index in [9.17, 15) is 4.39 Å². The molecule has 0 bridgehead atoms. The Kier molecular flexibility index (Phi) is 8.28. The van der Waals surface area contributed by atoms with Gasteiger partial charge in [-0.3, -0.25) is 4.98 Å². The highest BCUT2D eigenvalue weighted by atomic mass is 19.1. The van der Waals surface area contributed by atoms with Gasteiger partial charge in [-0.1, -0.05) is 73.6 Å². The third-order valence-corrected chi connectivity index (χ3v) is 4.38. The van der Waals surface area contributed by atoms with Gasteiger partial charge in [0.15, 0.2) is 0 Å². The molecule has 1 nitrogen and oxygen atoms in total. The molecule has 0 saturated heterocycles. The predicted molar refractivity (Wildman–Crippen MR) is 107 cm³/mol. The monoisotopic (exact) mass is 343 g/mol. The molecule has 1 aromatic carbocycles. The lowest BCUT2D eigenvalue weighted by Gasteiger charge is -2.10. The highest BCUT2D eigenvalue weighted by Crippen LogP contribution is 2.22. The second-order valence-corrected chi connectivity index (χ2v) is 7.92. The molecule has 0 aliphatic rings. The minimum absolute atomic E-state index is 0.0683. The van der Waals surface area contributed by atoms with Crippen molar-refractivity contribution in [2.75, 3.05) is 0 Å². The number of pyridine rings is 1. The molecule has 2 heteroatoms. The lowest BCUT2D eigenvalue weighted by molar-refractivity contribution is 0.594. The molecule has 0 unspecified atom stereocenters. The second kappa shape index (κ2) is 9.70. The molecule has 0 amide bonds. The molecular formula is C23H34FN. The Morgan fingerprint density at radius 2 is 1.24 bits per heavy atom. The predicted octanol–water partition coefficient (Wildman–Crippen LogP) is 7.40. The standard InChI is InChI=1S/C12H17F.C11H17N/c1-8(2)10-5-6-11(9(3)4)12(13)7-10;1-8(2)10-5-6-11(9(3)4)12-7-10/h5-9H,1-4H3;5-9H,1-4H3. The summed E-state index contributed by atoms with van der Waals surface area (Å²) >= 11 is 0. The fraction of sp³-hybridized carbons (Fsp3) is 0.522.